The Morgan fingerprint density at radius 3 is 1.65 bits per heavy atom. The molecule has 0 amide bonds. The zero-order valence-electron chi connectivity index (χ0n) is 10.9. The topological polar surface area (TPSA) is 101 Å². The third kappa shape index (κ3) is 5.87. The van der Waals surface area contributed by atoms with Crippen molar-refractivity contribution in [1.29, 1.82) is 0 Å². The summed E-state index contributed by atoms with van der Waals surface area (Å²) in [5, 5.41) is 0. The molecule has 0 aliphatic carbocycles. The van der Waals surface area contributed by atoms with E-state index >= 15 is 0 Å². The second-order valence-electron chi connectivity index (χ2n) is 4.39. The first-order chi connectivity index (χ1) is 6.81. The molecule has 0 fully saturated rings. The van der Waals surface area contributed by atoms with Gasteiger partial charge in [-0.05, 0) is 25.6 Å². The quantitative estimate of drug-likeness (QED) is 0.423. The molecule has 0 spiro atoms. The molecule has 6 nitrogen and oxygen atoms in total. The van der Waals surface area contributed by atoms with Crippen molar-refractivity contribution < 1.29 is 44.1 Å². The Kier molecular flexibility index (Phi) is 7.27. The Hall–Kier alpha value is 0.634. The zero-order valence-corrected chi connectivity index (χ0v) is 13.6. The number of rotatable bonds is 5. The van der Waals surface area contributed by atoms with Gasteiger partial charge in [-0.3, -0.25) is 0 Å². The molecular formula is C7H17LiO6S2Si. The fourth-order valence-electron chi connectivity index (χ4n) is 0.608. The molecule has 0 aliphatic rings. The molecule has 1 unspecified atom stereocenters. The molecule has 0 heterocycles. The molecular weight excluding hydrogens is 279 g/mol. The largest absolute Gasteiger partial charge is 1.00 e. The molecule has 1 atom stereocenters. The van der Waals surface area contributed by atoms with Crippen molar-refractivity contribution in [1.82, 2.24) is 0 Å². The summed E-state index contributed by atoms with van der Waals surface area (Å²) < 4.78 is 57.8. The van der Waals surface area contributed by atoms with Gasteiger partial charge < -0.3 is 8.42 Å². The fraction of sp³-hybridized carbons (Fsp3) is 1.00. The molecule has 17 heavy (non-hydrogen) atoms. The molecule has 0 saturated heterocycles. The van der Waals surface area contributed by atoms with E-state index in [-0.39, 0.29) is 24.4 Å². The van der Waals surface area contributed by atoms with E-state index in [4.69, 9.17) is 3.87 Å². The van der Waals surface area contributed by atoms with Crippen molar-refractivity contribution in [2.24, 2.45) is 0 Å². The first-order valence-electron chi connectivity index (χ1n) is 4.70. The Labute approximate surface area is 116 Å². The van der Waals surface area contributed by atoms with E-state index in [1.807, 2.05) is 0 Å². The minimum Gasteiger partial charge on any atom is -0.747 e. The van der Waals surface area contributed by atoms with Gasteiger partial charge in [0.15, 0.2) is 4.58 Å². The normalized spacial score (nSPS) is 15.5. The van der Waals surface area contributed by atoms with Crippen LogP contribution in [-0.2, 0) is 24.1 Å². The average molecular weight is 296 g/mol. The van der Waals surface area contributed by atoms with E-state index in [0.29, 0.717) is 0 Å². The van der Waals surface area contributed by atoms with Crippen molar-refractivity contribution in [3.05, 3.63) is 0 Å². The minimum absolute atomic E-state index is 0. The zero-order chi connectivity index (χ0) is 13.4. The first kappa shape index (κ1) is 20.0. The summed E-state index contributed by atoms with van der Waals surface area (Å²) in [6.07, 6.45) is 0. The molecule has 0 N–H and O–H groups in total. The second-order valence-corrected chi connectivity index (χ2v) is 13.1. The molecule has 0 saturated carbocycles. The van der Waals surface area contributed by atoms with Crippen LogP contribution in [0.5, 0.6) is 0 Å². The SMILES string of the molecule is CC(C)[Si](C)(C)OS(=O)(=O)C(C)S(=O)(=O)[O-].[Li+]. The van der Waals surface area contributed by atoms with Crippen LogP contribution in [0.4, 0.5) is 0 Å². The molecule has 0 radical (unpaired) electrons. The third-order valence-corrected chi connectivity index (χ3v) is 11.0. The van der Waals surface area contributed by atoms with Gasteiger partial charge in [-0.2, -0.15) is 8.42 Å². The van der Waals surface area contributed by atoms with E-state index in [0.717, 1.165) is 6.92 Å². The van der Waals surface area contributed by atoms with E-state index in [1.54, 1.807) is 26.9 Å². The van der Waals surface area contributed by atoms with Gasteiger partial charge in [-0.25, -0.2) is 8.42 Å². The first-order valence-corrected chi connectivity index (χ1v) is 10.6. The van der Waals surface area contributed by atoms with Crippen LogP contribution < -0.4 is 18.9 Å². The number of hydrogen-bond acceptors (Lipinski definition) is 6. The molecule has 0 aromatic rings. The molecule has 0 aromatic heterocycles. The maximum absolute atomic E-state index is 11.5. The maximum atomic E-state index is 11.5. The Balaban J connectivity index is 0. The smallest absolute Gasteiger partial charge is 0.747 e. The van der Waals surface area contributed by atoms with Gasteiger partial charge in [0.2, 0.25) is 8.32 Å². The number of hydrogen-bond donors (Lipinski definition) is 0. The van der Waals surface area contributed by atoms with Crippen molar-refractivity contribution in [2.45, 2.75) is 44.0 Å². The van der Waals surface area contributed by atoms with Crippen LogP contribution in [0.15, 0.2) is 0 Å². The summed E-state index contributed by atoms with van der Waals surface area (Å²) >= 11 is 0. The fourth-order valence-corrected chi connectivity index (χ4v) is 5.82. The van der Waals surface area contributed by atoms with Gasteiger partial charge in [-0.15, -0.1) is 0 Å². The van der Waals surface area contributed by atoms with Crippen LogP contribution in [0.3, 0.4) is 0 Å². The maximum Gasteiger partial charge on any atom is 1.00 e. The Morgan fingerprint density at radius 2 is 1.41 bits per heavy atom. The van der Waals surface area contributed by atoms with Gasteiger partial charge in [0.1, 0.15) is 10.1 Å². The van der Waals surface area contributed by atoms with E-state index in [2.05, 4.69) is 0 Å². The van der Waals surface area contributed by atoms with Crippen LogP contribution >= 0.6 is 0 Å². The summed E-state index contributed by atoms with van der Waals surface area (Å²) in [4.78, 5) is 0. The van der Waals surface area contributed by atoms with E-state index in [1.165, 1.54) is 0 Å². The van der Waals surface area contributed by atoms with Crippen LogP contribution in [0.25, 0.3) is 0 Å². The van der Waals surface area contributed by atoms with Gasteiger partial charge >= 0.3 is 18.9 Å². The summed E-state index contributed by atoms with van der Waals surface area (Å²) in [5.74, 6) is 0. The van der Waals surface area contributed by atoms with Crippen molar-refractivity contribution >= 4 is 28.6 Å². The Morgan fingerprint density at radius 1 is 1.06 bits per heavy atom. The van der Waals surface area contributed by atoms with Gasteiger partial charge in [0.05, 0.1) is 0 Å². The van der Waals surface area contributed by atoms with Gasteiger partial charge in [0, 0.05) is 0 Å². The standard InChI is InChI=1S/C7H18O6S2Si.Li/c1-6(2)16(4,5)13-15(11,12)7(3)14(8,9)10;/h6-7H,1-5H3,(H,8,9,10);/q;+1/p-1. The average Bonchev–Trinajstić information content (AvgIpc) is 1.98. The molecule has 98 valence electrons. The predicted molar refractivity (Wildman–Crippen MR) is 61.7 cm³/mol. The second kappa shape index (κ2) is 6.19. The molecule has 0 aromatic carbocycles. The van der Waals surface area contributed by atoms with Crippen LogP contribution in [0, 0.1) is 0 Å². The molecule has 10 heteroatoms. The molecule has 0 aliphatic heterocycles. The van der Waals surface area contributed by atoms with Crippen LogP contribution in [-0.4, -0.2) is 34.3 Å². The molecule has 0 bridgehead atoms. The van der Waals surface area contributed by atoms with Gasteiger partial charge in [-0.1, -0.05) is 13.8 Å². The van der Waals surface area contributed by atoms with Crippen LogP contribution in [0.1, 0.15) is 20.8 Å². The summed E-state index contributed by atoms with van der Waals surface area (Å²) in [5.41, 5.74) is -0.0103. The minimum atomic E-state index is -4.90. The van der Waals surface area contributed by atoms with E-state index in [9.17, 15) is 21.4 Å². The summed E-state index contributed by atoms with van der Waals surface area (Å²) in [6.45, 7) is 7.71. The third-order valence-electron chi connectivity index (χ3n) is 2.53. The predicted octanol–water partition coefficient (Wildman–Crippen LogP) is -2.16. The van der Waals surface area contributed by atoms with Crippen LogP contribution in [0.2, 0.25) is 18.6 Å². The van der Waals surface area contributed by atoms with Crippen molar-refractivity contribution in [3.8, 4) is 0 Å². The molecule has 0 rings (SSSR count). The van der Waals surface area contributed by atoms with Gasteiger partial charge in [0.25, 0.3) is 10.1 Å². The van der Waals surface area contributed by atoms with Crippen molar-refractivity contribution in [3.63, 3.8) is 0 Å². The van der Waals surface area contributed by atoms with E-state index < -0.39 is 33.1 Å². The Bertz CT molecular complexity index is 441. The monoisotopic (exact) mass is 296 g/mol. The summed E-state index contributed by atoms with van der Waals surface area (Å²) in [7, 11) is -11.8. The summed E-state index contributed by atoms with van der Waals surface area (Å²) in [6, 6.07) is 0. The van der Waals surface area contributed by atoms with Crippen molar-refractivity contribution in [2.75, 3.05) is 0 Å².